The van der Waals surface area contributed by atoms with Crippen LogP contribution in [0.15, 0.2) is 72.9 Å². The molecule has 2 nitrogen and oxygen atoms in total. The molecule has 0 saturated carbocycles. The molecule has 0 N–H and O–H groups in total. The third-order valence-electron chi connectivity index (χ3n) is 2.86. The highest BCUT2D eigenvalue weighted by Gasteiger charge is 1.99. The number of amides is 1. The number of benzene rings is 2. The van der Waals surface area contributed by atoms with Crippen LogP contribution < -0.4 is 0 Å². The molecule has 0 spiro atoms. The highest BCUT2D eigenvalue weighted by Crippen LogP contribution is 2.04. The molecule has 2 aromatic carbocycles. The zero-order chi connectivity index (χ0) is 14.2. The van der Waals surface area contributed by atoms with E-state index < -0.39 is 0 Å². The highest BCUT2D eigenvalue weighted by atomic mass is 16.2. The number of nitrogens with zero attached hydrogens (tertiary/aromatic N) is 1. The molecule has 0 unspecified atom stereocenters. The van der Waals surface area contributed by atoms with Crippen LogP contribution in [0.2, 0.25) is 0 Å². The third-order valence-corrected chi connectivity index (χ3v) is 2.86. The minimum Gasteiger partial charge on any atom is -0.319 e. The smallest absolute Gasteiger partial charge is 0.250 e. The molecule has 0 bridgehead atoms. The fraction of sp³-hybridized carbons (Fsp3) is 0.0556. The first-order valence-corrected chi connectivity index (χ1v) is 6.49. The van der Waals surface area contributed by atoms with Gasteiger partial charge in [0, 0.05) is 19.3 Å². The van der Waals surface area contributed by atoms with Crippen molar-refractivity contribution >= 4 is 18.1 Å². The monoisotopic (exact) mass is 263 g/mol. The maximum absolute atomic E-state index is 11.9. The van der Waals surface area contributed by atoms with Crippen LogP contribution in [0.1, 0.15) is 11.1 Å². The molecule has 1 amide bonds. The quantitative estimate of drug-likeness (QED) is 0.768. The predicted octanol–water partition coefficient (Wildman–Crippen LogP) is 3.83. The Hall–Kier alpha value is -2.61. The summed E-state index contributed by atoms with van der Waals surface area (Å²) in [7, 11) is 1.75. The molecule has 0 aliphatic carbocycles. The van der Waals surface area contributed by atoms with E-state index in [1.807, 2.05) is 72.8 Å². The van der Waals surface area contributed by atoms with Gasteiger partial charge in [-0.3, -0.25) is 4.79 Å². The largest absolute Gasteiger partial charge is 0.319 e. The van der Waals surface area contributed by atoms with Gasteiger partial charge in [-0.1, -0.05) is 60.7 Å². The lowest BCUT2D eigenvalue weighted by molar-refractivity contribution is -0.122. The molecule has 0 atom stereocenters. The van der Waals surface area contributed by atoms with Crippen LogP contribution >= 0.6 is 0 Å². The summed E-state index contributed by atoms with van der Waals surface area (Å²) in [5.41, 5.74) is 2.08. The average molecular weight is 263 g/mol. The normalized spacial score (nSPS) is 11.1. The Morgan fingerprint density at radius 2 is 1.35 bits per heavy atom. The van der Waals surface area contributed by atoms with Gasteiger partial charge in [0.15, 0.2) is 0 Å². The van der Waals surface area contributed by atoms with E-state index in [1.54, 1.807) is 24.2 Å². The van der Waals surface area contributed by atoms with Crippen molar-refractivity contribution in [2.75, 3.05) is 7.05 Å². The van der Waals surface area contributed by atoms with E-state index in [9.17, 15) is 4.79 Å². The van der Waals surface area contributed by atoms with Crippen molar-refractivity contribution in [2.24, 2.45) is 0 Å². The fourth-order valence-corrected chi connectivity index (χ4v) is 1.68. The number of likely N-dealkylation sites (N-methyl/N-ethyl adjacent to an activating group) is 1. The first-order valence-electron chi connectivity index (χ1n) is 6.49. The number of hydrogen-bond donors (Lipinski definition) is 0. The molecule has 2 rings (SSSR count). The first-order chi connectivity index (χ1) is 9.75. The van der Waals surface area contributed by atoms with Crippen molar-refractivity contribution in [3.05, 3.63) is 84.1 Å². The molecule has 20 heavy (non-hydrogen) atoms. The number of hydrogen-bond acceptors (Lipinski definition) is 1. The second-order valence-corrected chi connectivity index (χ2v) is 4.42. The molecule has 0 radical (unpaired) electrons. The van der Waals surface area contributed by atoms with E-state index in [1.165, 1.54) is 0 Å². The summed E-state index contributed by atoms with van der Waals surface area (Å²) < 4.78 is 0. The van der Waals surface area contributed by atoms with E-state index >= 15 is 0 Å². The highest BCUT2D eigenvalue weighted by molar-refractivity contribution is 5.92. The van der Waals surface area contributed by atoms with Crippen molar-refractivity contribution in [2.45, 2.75) is 0 Å². The maximum atomic E-state index is 11.9. The van der Waals surface area contributed by atoms with Crippen LogP contribution in [0, 0.1) is 0 Å². The summed E-state index contributed by atoms with van der Waals surface area (Å²) in [4.78, 5) is 13.5. The lowest BCUT2D eigenvalue weighted by atomic mass is 10.2. The standard InChI is InChI=1S/C18H17NO/c1-19(15-14-17-10-6-3-7-11-17)18(20)13-12-16-8-4-2-5-9-16/h2-15H,1H3/b13-12+,15-14+. The van der Waals surface area contributed by atoms with Gasteiger partial charge < -0.3 is 4.90 Å². The van der Waals surface area contributed by atoms with Gasteiger partial charge in [-0.15, -0.1) is 0 Å². The molecule has 2 heteroatoms. The second kappa shape index (κ2) is 7.10. The predicted molar refractivity (Wildman–Crippen MR) is 83.7 cm³/mol. The van der Waals surface area contributed by atoms with E-state index in [0.29, 0.717) is 0 Å². The van der Waals surface area contributed by atoms with Crippen molar-refractivity contribution in [3.63, 3.8) is 0 Å². The van der Waals surface area contributed by atoms with E-state index in [2.05, 4.69) is 0 Å². The zero-order valence-electron chi connectivity index (χ0n) is 11.4. The molecular formula is C18H17NO. The number of carbonyl (C=O) groups is 1. The second-order valence-electron chi connectivity index (χ2n) is 4.42. The first kappa shape index (κ1) is 13.8. The Balaban J connectivity index is 1.96. The van der Waals surface area contributed by atoms with Gasteiger partial charge >= 0.3 is 0 Å². The maximum Gasteiger partial charge on any atom is 0.250 e. The Kier molecular flexibility index (Phi) is 4.90. The van der Waals surface area contributed by atoms with Gasteiger partial charge in [-0.2, -0.15) is 0 Å². The molecule has 100 valence electrons. The van der Waals surface area contributed by atoms with Gasteiger partial charge in [-0.05, 0) is 23.3 Å². The third kappa shape index (κ3) is 4.25. The van der Waals surface area contributed by atoms with Gasteiger partial charge in [0.25, 0.3) is 0 Å². The molecule has 0 heterocycles. The Morgan fingerprint density at radius 1 is 0.850 bits per heavy atom. The van der Waals surface area contributed by atoms with E-state index in [0.717, 1.165) is 11.1 Å². The Morgan fingerprint density at radius 3 is 1.90 bits per heavy atom. The molecule has 0 aliphatic rings. The SMILES string of the molecule is CN(/C=C/c1ccccc1)C(=O)/C=C/c1ccccc1. The Labute approximate surface area is 119 Å². The van der Waals surface area contributed by atoms with Crippen LogP contribution in [-0.2, 0) is 4.79 Å². The summed E-state index contributed by atoms with van der Waals surface area (Å²) in [5.74, 6) is -0.0546. The average Bonchev–Trinajstić information content (AvgIpc) is 2.52. The molecule has 0 fully saturated rings. The van der Waals surface area contributed by atoms with Crippen LogP contribution in [0.3, 0.4) is 0 Å². The van der Waals surface area contributed by atoms with Crippen molar-refractivity contribution in [1.82, 2.24) is 4.90 Å². The molecule has 0 aromatic heterocycles. The van der Waals surface area contributed by atoms with Gasteiger partial charge in [0.1, 0.15) is 0 Å². The number of carbonyl (C=O) groups excluding carboxylic acids is 1. The van der Waals surface area contributed by atoms with Crippen molar-refractivity contribution < 1.29 is 4.79 Å². The van der Waals surface area contributed by atoms with Gasteiger partial charge in [-0.25, -0.2) is 0 Å². The molecule has 2 aromatic rings. The summed E-state index contributed by atoms with van der Waals surface area (Å²) in [6.45, 7) is 0. The number of rotatable bonds is 4. The fourth-order valence-electron chi connectivity index (χ4n) is 1.68. The molecule has 0 aliphatic heterocycles. The summed E-state index contributed by atoms with van der Waals surface area (Å²) in [6.07, 6.45) is 7.07. The van der Waals surface area contributed by atoms with Crippen LogP contribution in [0.25, 0.3) is 12.2 Å². The van der Waals surface area contributed by atoms with Crippen LogP contribution in [-0.4, -0.2) is 17.9 Å². The lowest BCUT2D eigenvalue weighted by Gasteiger charge is -2.08. The lowest BCUT2D eigenvalue weighted by Crippen LogP contribution is -2.17. The summed E-state index contributed by atoms with van der Waals surface area (Å²) >= 11 is 0. The topological polar surface area (TPSA) is 20.3 Å². The van der Waals surface area contributed by atoms with Crippen LogP contribution in [0.5, 0.6) is 0 Å². The van der Waals surface area contributed by atoms with Gasteiger partial charge in [0.05, 0.1) is 0 Å². The minimum absolute atomic E-state index is 0.0546. The van der Waals surface area contributed by atoms with Crippen LogP contribution in [0.4, 0.5) is 0 Å². The van der Waals surface area contributed by atoms with E-state index in [-0.39, 0.29) is 5.91 Å². The zero-order valence-corrected chi connectivity index (χ0v) is 11.4. The molecule has 0 saturated heterocycles. The van der Waals surface area contributed by atoms with E-state index in [4.69, 9.17) is 0 Å². The van der Waals surface area contributed by atoms with Crippen molar-refractivity contribution in [1.29, 1.82) is 0 Å². The summed E-state index contributed by atoms with van der Waals surface area (Å²) in [5, 5.41) is 0. The van der Waals surface area contributed by atoms with Gasteiger partial charge in [0.2, 0.25) is 5.91 Å². The summed E-state index contributed by atoms with van der Waals surface area (Å²) in [6, 6.07) is 19.7. The minimum atomic E-state index is -0.0546. The molecular weight excluding hydrogens is 246 g/mol. The van der Waals surface area contributed by atoms with Crippen molar-refractivity contribution in [3.8, 4) is 0 Å². The Bertz CT molecular complexity index is 600.